The van der Waals surface area contributed by atoms with Crippen molar-refractivity contribution in [3.05, 3.63) is 25.2 Å². The molecule has 0 aliphatic carbocycles. The summed E-state index contributed by atoms with van der Waals surface area (Å²) in [7, 11) is 0. The van der Waals surface area contributed by atoms with Crippen LogP contribution in [0.5, 0.6) is 0 Å². The zero-order chi connectivity index (χ0) is 5.70. The largest absolute Gasteiger partial charge is 0.359 e. The van der Waals surface area contributed by atoms with E-state index in [2.05, 4.69) is 18.5 Å². The first-order valence-electron chi connectivity index (χ1n) is 1.96. The van der Waals surface area contributed by atoms with E-state index >= 15 is 0 Å². The minimum Gasteiger partial charge on any atom is -0.359 e. The highest BCUT2D eigenvalue weighted by atomic mass is 19.1. The summed E-state index contributed by atoms with van der Waals surface area (Å²) < 4.78 is 11.5. The lowest BCUT2D eigenvalue weighted by molar-refractivity contribution is 0.565. The minimum absolute atomic E-state index is 0.440. The van der Waals surface area contributed by atoms with E-state index in [1.165, 1.54) is 0 Å². The average molecular weight is 101 g/mol. The van der Waals surface area contributed by atoms with Gasteiger partial charge in [-0.2, -0.15) is 4.39 Å². The van der Waals surface area contributed by atoms with Crippen LogP contribution in [0.1, 0.15) is 0 Å². The molecule has 0 bridgehead atoms. The molecule has 0 fully saturated rings. The van der Waals surface area contributed by atoms with Crippen LogP contribution in [0, 0.1) is 0 Å². The third-order valence-corrected chi connectivity index (χ3v) is 0.438. The normalized spacial score (nSPS) is 7.57. The van der Waals surface area contributed by atoms with Crippen LogP contribution in [-0.2, 0) is 0 Å². The molecule has 0 atom stereocenters. The van der Waals surface area contributed by atoms with Crippen molar-refractivity contribution in [2.45, 2.75) is 0 Å². The molecule has 0 saturated heterocycles. The molecule has 0 aromatic carbocycles. The predicted octanol–water partition coefficient (Wildman–Crippen LogP) is 1.20. The standard InChI is InChI=1S/C5H8FN/c1-3-4-7-5(2)6/h3,7H,1-2,4H2. The number of nitrogens with one attached hydrogen (secondary N) is 1. The van der Waals surface area contributed by atoms with E-state index in [-0.39, 0.29) is 0 Å². The molecular weight excluding hydrogens is 93.1 g/mol. The Balaban J connectivity index is 2.97. The highest BCUT2D eigenvalue weighted by molar-refractivity contribution is 4.81. The highest BCUT2D eigenvalue weighted by Gasteiger charge is 1.78. The van der Waals surface area contributed by atoms with Gasteiger partial charge in [-0.1, -0.05) is 6.08 Å². The molecule has 0 spiro atoms. The second-order valence-corrected chi connectivity index (χ2v) is 1.07. The Morgan fingerprint density at radius 2 is 2.43 bits per heavy atom. The SMILES string of the molecule is C=CCNC(=C)F. The van der Waals surface area contributed by atoms with Gasteiger partial charge in [-0.3, -0.25) is 0 Å². The fourth-order valence-electron chi connectivity index (χ4n) is 0.183. The Kier molecular flexibility index (Phi) is 3.02. The predicted molar refractivity (Wildman–Crippen MR) is 28.4 cm³/mol. The summed E-state index contributed by atoms with van der Waals surface area (Å²) in [4.78, 5) is 0. The summed E-state index contributed by atoms with van der Waals surface area (Å²) in [6.45, 7) is 6.77. The lowest BCUT2D eigenvalue weighted by atomic mass is 10.6. The van der Waals surface area contributed by atoms with Crippen molar-refractivity contribution in [2.75, 3.05) is 6.54 Å². The summed E-state index contributed by atoms with van der Waals surface area (Å²) in [5.74, 6) is -0.514. The van der Waals surface area contributed by atoms with E-state index in [0.717, 1.165) is 0 Å². The zero-order valence-electron chi connectivity index (χ0n) is 4.08. The molecule has 1 nitrogen and oxygen atoms in total. The van der Waals surface area contributed by atoms with Gasteiger partial charge in [0.25, 0.3) is 0 Å². The molecule has 0 aromatic rings. The lowest BCUT2D eigenvalue weighted by Crippen LogP contribution is -2.07. The van der Waals surface area contributed by atoms with E-state index in [0.29, 0.717) is 6.54 Å². The molecule has 0 amide bonds. The van der Waals surface area contributed by atoms with Crippen LogP contribution in [0.25, 0.3) is 0 Å². The van der Waals surface area contributed by atoms with Gasteiger partial charge < -0.3 is 5.32 Å². The van der Waals surface area contributed by atoms with Crippen molar-refractivity contribution in [3.63, 3.8) is 0 Å². The number of hydrogen-bond acceptors (Lipinski definition) is 1. The van der Waals surface area contributed by atoms with E-state index in [9.17, 15) is 4.39 Å². The Morgan fingerprint density at radius 1 is 1.86 bits per heavy atom. The van der Waals surface area contributed by atoms with Gasteiger partial charge in [0.15, 0.2) is 5.95 Å². The molecule has 2 heteroatoms. The summed E-state index contributed by atoms with van der Waals surface area (Å²) in [6.07, 6.45) is 1.56. The first-order chi connectivity index (χ1) is 3.27. The number of hydrogen-bond donors (Lipinski definition) is 1. The van der Waals surface area contributed by atoms with E-state index in [1.807, 2.05) is 0 Å². The zero-order valence-corrected chi connectivity index (χ0v) is 4.08. The Labute approximate surface area is 42.5 Å². The maximum absolute atomic E-state index is 11.5. The first-order valence-corrected chi connectivity index (χ1v) is 1.96. The molecule has 0 aliphatic heterocycles. The monoisotopic (exact) mass is 101 g/mol. The average Bonchev–Trinajstić information content (AvgIpc) is 1.61. The van der Waals surface area contributed by atoms with Gasteiger partial charge >= 0.3 is 0 Å². The van der Waals surface area contributed by atoms with Crippen molar-refractivity contribution in [2.24, 2.45) is 0 Å². The van der Waals surface area contributed by atoms with Crippen LogP contribution in [0.15, 0.2) is 25.2 Å². The van der Waals surface area contributed by atoms with Gasteiger partial charge in [0, 0.05) is 6.54 Å². The third-order valence-electron chi connectivity index (χ3n) is 0.438. The molecule has 0 heterocycles. The van der Waals surface area contributed by atoms with E-state index in [4.69, 9.17) is 0 Å². The molecule has 0 aromatic heterocycles. The third kappa shape index (κ3) is 5.21. The quantitative estimate of drug-likeness (QED) is 0.416. The van der Waals surface area contributed by atoms with Crippen molar-refractivity contribution >= 4 is 0 Å². The fraction of sp³-hybridized carbons (Fsp3) is 0.200. The molecular formula is C5H8FN. The number of halogens is 1. The van der Waals surface area contributed by atoms with Gasteiger partial charge in [0.05, 0.1) is 0 Å². The summed E-state index contributed by atoms with van der Waals surface area (Å²) in [5, 5.41) is 2.32. The van der Waals surface area contributed by atoms with Crippen molar-refractivity contribution in [1.82, 2.24) is 5.32 Å². The molecule has 1 N–H and O–H groups in total. The van der Waals surface area contributed by atoms with E-state index in [1.54, 1.807) is 6.08 Å². The van der Waals surface area contributed by atoms with Crippen LogP contribution in [0.4, 0.5) is 4.39 Å². The Bertz CT molecular complexity index is 78.1. The van der Waals surface area contributed by atoms with Gasteiger partial charge in [-0.15, -0.1) is 6.58 Å². The molecule has 0 radical (unpaired) electrons. The molecule has 0 unspecified atom stereocenters. The molecule has 0 saturated carbocycles. The Morgan fingerprint density at radius 3 is 2.57 bits per heavy atom. The summed E-state index contributed by atoms with van der Waals surface area (Å²) in [5.41, 5.74) is 0. The summed E-state index contributed by atoms with van der Waals surface area (Å²) >= 11 is 0. The second kappa shape index (κ2) is 3.40. The smallest absolute Gasteiger partial charge is 0.180 e. The highest BCUT2D eigenvalue weighted by Crippen LogP contribution is 1.79. The van der Waals surface area contributed by atoms with Crippen molar-refractivity contribution in [3.8, 4) is 0 Å². The summed E-state index contributed by atoms with van der Waals surface area (Å²) in [6, 6.07) is 0. The van der Waals surface area contributed by atoms with Gasteiger partial charge in [-0.05, 0) is 6.58 Å². The van der Waals surface area contributed by atoms with Crippen molar-refractivity contribution in [1.29, 1.82) is 0 Å². The fourth-order valence-corrected chi connectivity index (χ4v) is 0.183. The van der Waals surface area contributed by atoms with E-state index < -0.39 is 5.95 Å². The van der Waals surface area contributed by atoms with Gasteiger partial charge in [-0.25, -0.2) is 0 Å². The van der Waals surface area contributed by atoms with Crippen molar-refractivity contribution < 1.29 is 4.39 Å². The van der Waals surface area contributed by atoms with Gasteiger partial charge in [0.2, 0.25) is 0 Å². The lowest BCUT2D eigenvalue weighted by Gasteiger charge is -1.92. The topological polar surface area (TPSA) is 12.0 Å². The van der Waals surface area contributed by atoms with Crippen LogP contribution in [0.3, 0.4) is 0 Å². The van der Waals surface area contributed by atoms with Crippen LogP contribution < -0.4 is 5.32 Å². The molecule has 0 rings (SSSR count). The van der Waals surface area contributed by atoms with Crippen LogP contribution in [0.2, 0.25) is 0 Å². The van der Waals surface area contributed by atoms with Crippen LogP contribution >= 0.6 is 0 Å². The Hall–Kier alpha value is -0.790. The minimum atomic E-state index is -0.514. The van der Waals surface area contributed by atoms with Crippen LogP contribution in [-0.4, -0.2) is 6.54 Å². The maximum atomic E-state index is 11.5. The maximum Gasteiger partial charge on any atom is 0.180 e. The molecule has 0 aliphatic rings. The second-order valence-electron chi connectivity index (χ2n) is 1.07. The number of rotatable bonds is 3. The first kappa shape index (κ1) is 6.21. The van der Waals surface area contributed by atoms with Gasteiger partial charge in [0.1, 0.15) is 0 Å². The molecule has 7 heavy (non-hydrogen) atoms. The molecule has 40 valence electrons.